The second kappa shape index (κ2) is 5.75. The van der Waals surface area contributed by atoms with Gasteiger partial charge in [0.25, 0.3) is 0 Å². The first-order valence-corrected chi connectivity index (χ1v) is 3.58. The molecule has 0 spiro atoms. The van der Waals surface area contributed by atoms with Gasteiger partial charge in [-0.25, -0.2) is 0 Å². The molecule has 0 saturated carbocycles. The molecule has 1 fully saturated rings. The van der Waals surface area contributed by atoms with E-state index >= 15 is 0 Å². The Kier molecular flexibility index (Phi) is 4.23. The molecule has 1 aromatic rings. The maximum atomic E-state index is 3.38. The van der Waals surface area contributed by atoms with Gasteiger partial charge >= 0.3 is 0 Å². The van der Waals surface area contributed by atoms with Crippen molar-refractivity contribution in [1.82, 2.24) is 31.3 Å². The molecule has 0 radical (unpaired) electrons. The lowest BCUT2D eigenvalue weighted by molar-refractivity contribution is 0.534. The van der Waals surface area contributed by atoms with Crippen molar-refractivity contribution in [3.05, 3.63) is 6.33 Å². The Morgan fingerprint density at radius 2 is 1.64 bits per heavy atom. The van der Waals surface area contributed by atoms with E-state index in [0.29, 0.717) is 0 Å². The molecule has 0 atom stereocenters. The topological polar surface area (TPSA) is 78.5 Å². The third-order valence-electron chi connectivity index (χ3n) is 1.23. The van der Waals surface area contributed by atoms with Crippen LogP contribution in [0.3, 0.4) is 0 Å². The molecule has 0 aromatic carbocycles. The molecular weight excluding hydrogens is 144 g/mol. The average molecular weight is 156 g/mol. The van der Waals surface area contributed by atoms with Crippen LogP contribution in [0.5, 0.6) is 0 Å². The fourth-order valence-electron chi connectivity index (χ4n) is 0.733. The maximum absolute atomic E-state index is 3.38. The minimum Gasteiger partial charge on any atom is -0.314 e. The van der Waals surface area contributed by atoms with Crippen molar-refractivity contribution < 1.29 is 0 Å². The van der Waals surface area contributed by atoms with Crippen molar-refractivity contribution in [2.45, 2.75) is 0 Å². The fourth-order valence-corrected chi connectivity index (χ4v) is 0.733. The van der Waals surface area contributed by atoms with Gasteiger partial charge in [-0.3, -0.25) is 0 Å². The molecule has 6 nitrogen and oxygen atoms in total. The molecule has 1 aliphatic rings. The van der Waals surface area contributed by atoms with E-state index in [0.717, 1.165) is 26.2 Å². The molecule has 6 heteroatoms. The molecular formula is C5H12N6. The van der Waals surface area contributed by atoms with Crippen LogP contribution in [-0.2, 0) is 0 Å². The van der Waals surface area contributed by atoms with E-state index in [9.17, 15) is 0 Å². The van der Waals surface area contributed by atoms with Crippen molar-refractivity contribution in [2.24, 2.45) is 0 Å². The summed E-state index contributed by atoms with van der Waals surface area (Å²) in [5, 5.41) is 18.6. The highest BCUT2D eigenvalue weighted by Gasteiger charge is 1.91. The van der Waals surface area contributed by atoms with E-state index < -0.39 is 0 Å². The van der Waals surface area contributed by atoms with Crippen LogP contribution in [0, 0.1) is 0 Å². The zero-order chi connectivity index (χ0) is 7.78. The van der Waals surface area contributed by atoms with Gasteiger partial charge in [0.05, 0.1) is 0 Å². The zero-order valence-electron chi connectivity index (χ0n) is 6.25. The smallest absolute Gasteiger partial charge is 0.161 e. The molecule has 0 amide bonds. The van der Waals surface area contributed by atoms with Crippen molar-refractivity contribution >= 4 is 0 Å². The number of nitrogens with one attached hydrogen (secondary N) is 3. The summed E-state index contributed by atoms with van der Waals surface area (Å²) in [5.41, 5.74) is 0. The third kappa shape index (κ3) is 4.40. The number of tetrazole rings is 1. The largest absolute Gasteiger partial charge is 0.314 e. The number of rotatable bonds is 0. The molecule has 1 aliphatic heterocycles. The van der Waals surface area contributed by atoms with E-state index in [-0.39, 0.29) is 0 Å². The number of hydrogen-bond donors (Lipinski definition) is 3. The number of aromatic nitrogens is 4. The van der Waals surface area contributed by atoms with E-state index in [1.807, 2.05) is 0 Å². The van der Waals surface area contributed by atoms with E-state index in [4.69, 9.17) is 0 Å². The quantitative estimate of drug-likeness (QED) is 0.421. The van der Waals surface area contributed by atoms with Gasteiger partial charge in [0, 0.05) is 26.2 Å². The van der Waals surface area contributed by atoms with Crippen LogP contribution in [0.2, 0.25) is 0 Å². The molecule has 0 bridgehead atoms. The second-order valence-electron chi connectivity index (χ2n) is 2.06. The van der Waals surface area contributed by atoms with Crippen LogP contribution < -0.4 is 10.6 Å². The normalized spacial score (nSPS) is 16.7. The van der Waals surface area contributed by atoms with Crippen LogP contribution in [0.25, 0.3) is 0 Å². The fraction of sp³-hybridized carbons (Fsp3) is 0.800. The third-order valence-corrected chi connectivity index (χ3v) is 1.23. The lowest BCUT2D eigenvalue weighted by Crippen LogP contribution is -2.39. The monoisotopic (exact) mass is 156 g/mol. The summed E-state index contributed by atoms with van der Waals surface area (Å²) in [6.45, 7) is 4.56. The summed E-state index contributed by atoms with van der Waals surface area (Å²) < 4.78 is 0. The Hall–Kier alpha value is -1.01. The average Bonchev–Trinajstić information content (AvgIpc) is 2.64. The van der Waals surface area contributed by atoms with Gasteiger partial charge in [0.2, 0.25) is 0 Å². The van der Waals surface area contributed by atoms with Gasteiger partial charge in [-0.1, -0.05) is 5.21 Å². The number of aromatic amines is 1. The van der Waals surface area contributed by atoms with Crippen molar-refractivity contribution in [3.8, 4) is 0 Å². The minimum absolute atomic E-state index is 1.14. The summed E-state index contributed by atoms with van der Waals surface area (Å²) in [7, 11) is 0. The number of hydrogen-bond acceptors (Lipinski definition) is 5. The van der Waals surface area contributed by atoms with Crippen molar-refractivity contribution in [1.29, 1.82) is 0 Å². The molecule has 1 aromatic heterocycles. The molecule has 3 N–H and O–H groups in total. The van der Waals surface area contributed by atoms with Gasteiger partial charge in [0.1, 0.15) is 0 Å². The van der Waals surface area contributed by atoms with Crippen LogP contribution in [0.4, 0.5) is 0 Å². The predicted molar refractivity (Wildman–Crippen MR) is 39.9 cm³/mol. The first kappa shape index (κ1) is 8.09. The molecule has 2 heterocycles. The highest BCUT2D eigenvalue weighted by molar-refractivity contribution is 4.59. The maximum Gasteiger partial charge on any atom is 0.161 e. The lowest BCUT2D eigenvalue weighted by Gasteiger charge is -2.11. The molecule has 2 rings (SSSR count). The van der Waals surface area contributed by atoms with Crippen LogP contribution >= 0.6 is 0 Å². The van der Waals surface area contributed by atoms with E-state index in [1.165, 1.54) is 6.33 Å². The summed E-state index contributed by atoms with van der Waals surface area (Å²) in [5.74, 6) is 0. The first-order chi connectivity index (χ1) is 5.50. The zero-order valence-corrected chi connectivity index (χ0v) is 6.25. The van der Waals surface area contributed by atoms with Gasteiger partial charge < -0.3 is 10.6 Å². The van der Waals surface area contributed by atoms with E-state index in [1.54, 1.807) is 0 Å². The Bertz CT molecular complexity index is 117. The van der Waals surface area contributed by atoms with Gasteiger partial charge in [-0.05, 0) is 0 Å². The standard InChI is InChI=1S/C4H10N2.CH2N4/c1-2-6-4-3-5-1;1-2-4-5-3-1/h5-6H,1-4H2;1H,(H,2,3,4,5). The van der Waals surface area contributed by atoms with Gasteiger partial charge in [-0.2, -0.15) is 5.21 Å². The van der Waals surface area contributed by atoms with Crippen molar-refractivity contribution in [2.75, 3.05) is 26.2 Å². The highest BCUT2D eigenvalue weighted by Crippen LogP contribution is 1.65. The van der Waals surface area contributed by atoms with Crippen LogP contribution in [0.1, 0.15) is 0 Å². The summed E-state index contributed by atoms with van der Waals surface area (Å²) in [6.07, 6.45) is 1.33. The number of nitrogens with zero attached hydrogens (tertiary/aromatic N) is 3. The van der Waals surface area contributed by atoms with Crippen LogP contribution in [-0.4, -0.2) is 46.8 Å². The summed E-state index contributed by atoms with van der Waals surface area (Å²) >= 11 is 0. The predicted octanol–water partition coefficient (Wildman–Crippen LogP) is -1.62. The summed E-state index contributed by atoms with van der Waals surface area (Å²) in [4.78, 5) is 0. The molecule has 1 saturated heterocycles. The molecule has 0 unspecified atom stereocenters. The number of piperazine rings is 1. The Morgan fingerprint density at radius 3 is 1.82 bits per heavy atom. The SMILES string of the molecule is C1CNCCN1.c1nn[nH]n1. The summed E-state index contributed by atoms with van der Waals surface area (Å²) in [6, 6.07) is 0. The first-order valence-electron chi connectivity index (χ1n) is 3.58. The highest BCUT2D eigenvalue weighted by atomic mass is 15.5. The number of H-pyrrole nitrogens is 1. The van der Waals surface area contributed by atoms with Crippen LogP contribution in [0.15, 0.2) is 6.33 Å². The van der Waals surface area contributed by atoms with E-state index in [2.05, 4.69) is 31.3 Å². The second-order valence-corrected chi connectivity index (χ2v) is 2.06. The Labute approximate surface area is 64.8 Å². The molecule has 11 heavy (non-hydrogen) atoms. The Balaban J connectivity index is 0.000000112. The van der Waals surface area contributed by atoms with Gasteiger partial charge in [0.15, 0.2) is 6.33 Å². The lowest BCUT2D eigenvalue weighted by atomic mass is 10.4. The minimum atomic E-state index is 1.14. The van der Waals surface area contributed by atoms with Crippen molar-refractivity contribution in [3.63, 3.8) is 0 Å². The molecule has 0 aliphatic carbocycles. The Morgan fingerprint density at radius 1 is 1.00 bits per heavy atom. The van der Waals surface area contributed by atoms with Gasteiger partial charge in [-0.15, -0.1) is 10.2 Å². The molecule has 62 valence electrons.